The fourth-order valence-electron chi connectivity index (χ4n) is 3.14. The van der Waals surface area contributed by atoms with Gasteiger partial charge in [-0.3, -0.25) is 9.69 Å². The van der Waals surface area contributed by atoms with Gasteiger partial charge in [-0.1, -0.05) is 28.6 Å². The predicted octanol–water partition coefficient (Wildman–Crippen LogP) is 3.83. The Morgan fingerprint density at radius 3 is 2.86 bits per heavy atom. The molecule has 0 aliphatic carbocycles. The average Bonchev–Trinajstić information content (AvgIpc) is 3.11. The van der Waals surface area contributed by atoms with Gasteiger partial charge in [-0.2, -0.15) is 0 Å². The number of likely N-dealkylation sites (tertiary alicyclic amines) is 1. The molecule has 2 aromatic rings. The molecule has 1 aliphatic heterocycles. The molecule has 0 atom stereocenters. The lowest BCUT2D eigenvalue weighted by Gasteiger charge is -2.31. The molecular formula is C21H28N4O2S. The number of carbonyl (C=O) groups is 1. The van der Waals surface area contributed by atoms with Crippen LogP contribution in [-0.4, -0.2) is 46.6 Å². The molecule has 3 heterocycles. The molecule has 1 fully saturated rings. The highest BCUT2D eigenvalue weighted by atomic mass is 32.2. The van der Waals surface area contributed by atoms with Crippen LogP contribution in [0.1, 0.15) is 48.5 Å². The molecule has 7 heteroatoms. The van der Waals surface area contributed by atoms with Gasteiger partial charge < -0.3 is 9.84 Å². The van der Waals surface area contributed by atoms with E-state index in [0.29, 0.717) is 11.3 Å². The van der Waals surface area contributed by atoms with E-state index in [2.05, 4.69) is 40.3 Å². The fraction of sp³-hybridized carbons (Fsp3) is 0.476. The van der Waals surface area contributed by atoms with E-state index >= 15 is 0 Å². The first-order valence-electron chi connectivity index (χ1n) is 9.68. The third kappa shape index (κ3) is 5.94. The van der Waals surface area contributed by atoms with Gasteiger partial charge in [0.05, 0.1) is 11.3 Å². The van der Waals surface area contributed by atoms with Crippen molar-refractivity contribution in [3.63, 3.8) is 0 Å². The Labute approximate surface area is 170 Å². The number of aromatic nitrogens is 2. The van der Waals surface area contributed by atoms with Crippen LogP contribution in [0.4, 0.5) is 0 Å². The summed E-state index contributed by atoms with van der Waals surface area (Å²) < 4.78 is 5.10. The monoisotopic (exact) mass is 400 g/mol. The topological polar surface area (TPSA) is 71.3 Å². The van der Waals surface area contributed by atoms with E-state index in [1.54, 1.807) is 12.3 Å². The number of rotatable bonds is 7. The summed E-state index contributed by atoms with van der Waals surface area (Å²) in [5, 5.41) is 7.92. The number of hydrogen-bond acceptors (Lipinski definition) is 6. The van der Waals surface area contributed by atoms with Crippen molar-refractivity contribution in [1.29, 1.82) is 0 Å². The first kappa shape index (κ1) is 20.6. The van der Waals surface area contributed by atoms with E-state index in [9.17, 15) is 4.79 Å². The van der Waals surface area contributed by atoms with Crippen molar-refractivity contribution in [1.82, 2.24) is 20.4 Å². The normalized spacial score (nSPS) is 15.4. The smallest absolute Gasteiger partial charge is 0.254 e. The fourth-order valence-corrected chi connectivity index (χ4v) is 4.01. The Morgan fingerprint density at radius 1 is 1.39 bits per heavy atom. The summed E-state index contributed by atoms with van der Waals surface area (Å²) in [4.78, 5) is 19.7. The van der Waals surface area contributed by atoms with E-state index in [4.69, 9.17) is 4.52 Å². The molecule has 1 amide bonds. The average molecular weight is 401 g/mol. The molecule has 28 heavy (non-hydrogen) atoms. The second kappa shape index (κ2) is 9.89. The lowest BCUT2D eigenvalue weighted by Crippen LogP contribution is -2.44. The minimum atomic E-state index is -0.0466. The second-order valence-corrected chi connectivity index (χ2v) is 8.37. The van der Waals surface area contributed by atoms with Crippen molar-refractivity contribution in [2.24, 2.45) is 0 Å². The van der Waals surface area contributed by atoms with Gasteiger partial charge in [0.25, 0.3) is 5.91 Å². The van der Waals surface area contributed by atoms with Gasteiger partial charge in [0.1, 0.15) is 10.8 Å². The Morgan fingerprint density at radius 2 is 2.18 bits per heavy atom. The molecule has 2 aromatic heterocycles. The van der Waals surface area contributed by atoms with Gasteiger partial charge in [0.2, 0.25) is 0 Å². The van der Waals surface area contributed by atoms with Crippen LogP contribution >= 0.6 is 11.8 Å². The van der Waals surface area contributed by atoms with Crippen LogP contribution in [-0.2, 0) is 5.75 Å². The van der Waals surface area contributed by atoms with Gasteiger partial charge in [-0.05, 0) is 45.7 Å². The van der Waals surface area contributed by atoms with Crippen LogP contribution in [0.5, 0.6) is 0 Å². The molecule has 1 aliphatic rings. The van der Waals surface area contributed by atoms with Crippen molar-refractivity contribution in [2.45, 2.75) is 50.4 Å². The van der Waals surface area contributed by atoms with E-state index < -0.39 is 0 Å². The van der Waals surface area contributed by atoms with Gasteiger partial charge in [0.15, 0.2) is 0 Å². The summed E-state index contributed by atoms with van der Waals surface area (Å²) >= 11 is 1.50. The second-order valence-electron chi connectivity index (χ2n) is 7.40. The zero-order chi connectivity index (χ0) is 19.9. The van der Waals surface area contributed by atoms with Crippen molar-refractivity contribution < 1.29 is 9.32 Å². The highest BCUT2D eigenvalue weighted by Gasteiger charge is 2.22. The standard InChI is InChI=1S/C21H28N4O2S/c1-15(2)6-10-25-11-7-17(8-12-25)23-20(26)19-5-4-9-22-21(19)28-14-18-13-16(3)27-24-18/h4-6,9,13,17H,7-8,10-12,14H2,1-3H3,(H,23,26). The summed E-state index contributed by atoms with van der Waals surface area (Å²) in [6, 6.07) is 5.76. The van der Waals surface area contributed by atoms with E-state index in [1.165, 1.54) is 17.3 Å². The molecule has 6 nitrogen and oxygen atoms in total. The summed E-state index contributed by atoms with van der Waals surface area (Å²) in [7, 11) is 0. The number of thioether (sulfide) groups is 1. The number of carbonyl (C=O) groups excluding carboxylic acids is 1. The predicted molar refractivity (Wildman–Crippen MR) is 111 cm³/mol. The Hall–Kier alpha value is -2.12. The molecule has 0 bridgehead atoms. The maximum atomic E-state index is 12.8. The molecular weight excluding hydrogens is 372 g/mol. The van der Waals surface area contributed by atoms with Crippen molar-refractivity contribution in [3.8, 4) is 0 Å². The summed E-state index contributed by atoms with van der Waals surface area (Å²) in [6.07, 6.45) is 5.93. The van der Waals surface area contributed by atoms with Gasteiger partial charge >= 0.3 is 0 Å². The van der Waals surface area contributed by atoms with Crippen LogP contribution < -0.4 is 5.32 Å². The van der Waals surface area contributed by atoms with Crippen LogP contribution in [0.25, 0.3) is 0 Å². The van der Waals surface area contributed by atoms with Crippen molar-refractivity contribution >= 4 is 17.7 Å². The Balaban J connectivity index is 1.54. The van der Waals surface area contributed by atoms with E-state index in [0.717, 1.165) is 49.0 Å². The maximum Gasteiger partial charge on any atom is 0.254 e. The van der Waals surface area contributed by atoms with Gasteiger partial charge in [-0.15, -0.1) is 0 Å². The number of hydrogen-bond donors (Lipinski definition) is 1. The minimum Gasteiger partial charge on any atom is -0.361 e. The molecule has 0 saturated carbocycles. The number of pyridine rings is 1. The highest BCUT2D eigenvalue weighted by molar-refractivity contribution is 7.98. The SMILES string of the molecule is CC(C)=CCN1CCC(NC(=O)c2cccnc2SCc2cc(C)on2)CC1. The minimum absolute atomic E-state index is 0.0466. The van der Waals surface area contributed by atoms with Crippen LogP contribution in [0, 0.1) is 6.92 Å². The molecule has 150 valence electrons. The number of nitrogens with zero attached hydrogens (tertiary/aromatic N) is 3. The van der Waals surface area contributed by atoms with Gasteiger partial charge in [-0.25, -0.2) is 4.98 Å². The van der Waals surface area contributed by atoms with Crippen LogP contribution in [0.3, 0.4) is 0 Å². The van der Waals surface area contributed by atoms with Crippen LogP contribution in [0.2, 0.25) is 0 Å². The van der Waals surface area contributed by atoms with Gasteiger partial charge in [0, 0.05) is 43.7 Å². The number of allylic oxidation sites excluding steroid dienone is 1. The highest BCUT2D eigenvalue weighted by Crippen LogP contribution is 2.24. The molecule has 1 N–H and O–H groups in total. The van der Waals surface area contributed by atoms with E-state index in [1.807, 2.05) is 19.1 Å². The number of amides is 1. The lowest BCUT2D eigenvalue weighted by atomic mass is 10.0. The molecule has 3 rings (SSSR count). The summed E-state index contributed by atoms with van der Waals surface area (Å²) in [5.74, 6) is 1.36. The first-order valence-corrected chi connectivity index (χ1v) is 10.7. The maximum absolute atomic E-state index is 12.8. The largest absolute Gasteiger partial charge is 0.361 e. The lowest BCUT2D eigenvalue weighted by molar-refractivity contribution is 0.0910. The zero-order valence-electron chi connectivity index (χ0n) is 16.8. The molecule has 1 saturated heterocycles. The zero-order valence-corrected chi connectivity index (χ0v) is 17.6. The molecule has 0 spiro atoms. The number of piperidine rings is 1. The Kier molecular flexibility index (Phi) is 7.28. The summed E-state index contributed by atoms with van der Waals surface area (Å²) in [6.45, 7) is 9.13. The van der Waals surface area contributed by atoms with Crippen molar-refractivity contribution in [3.05, 3.63) is 53.1 Å². The molecule has 0 aromatic carbocycles. The number of nitrogens with one attached hydrogen (secondary N) is 1. The number of aryl methyl sites for hydroxylation is 1. The third-order valence-corrected chi connectivity index (χ3v) is 5.77. The first-order chi connectivity index (χ1) is 13.5. The third-order valence-electron chi connectivity index (χ3n) is 4.73. The summed E-state index contributed by atoms with van der Waals surface area (Å²) in [5.41, 5.74) is 2.82. The van der Waals surface area contributed by atoms with Crippen LogP contribution in [0.15, 0.2) is 45.6 Å². The van der Waals surface area contributed by atoms with Crippen molar-refractivity contribution in [2.75, 3.05) is 19.6 Å². The Bertz CT molecular complexity index is 821. The quantitative estimate of drug-likeness (QED) is 0.563. The molecule has 0 unspecified atom stereocenters. The molecule has 0 radical (unpaired) electrons. The van der Waals surface area contributed by atoms with E-state index in [-0.39, 0.29) is 11.9 Å².